The summed E-state index contributed by atoms with van der Waals surface area (Å²) in [6.45, 7) is 9.11. The van der Waals surface area contributed by atoms with Crippen molar-refractivity contribution < 1.29 is 8.42 Å². The van der Waals surface area contributed by atoms with Crippen LogP contribution in [0.5, 0.6) is 0 Å². The van der Waals surface area contributed by atoms with Crippen molar-refractivity contribution in [1.82, 2.24) is 4.72 Å². The summed E-state index contributed by atoms with van der Waals surface area (Å²) in [7, 11) is -3.59. The standard InChI is InChI=1S/C14H20Br2N2O2S/c1-13(2)11(14(13,3)4)7-18-21(19,20)12-9(15)5-8(17)6-10(12)16/h5-6,11,18H,7,17H2,1-4H3. The van der Waals surface area contributed by atoms with Crippen LogP contribution >= 0.6 is 31.9 Å². The zero-order valence-corrected chi connectivity index (χ0v) is 16.5. The van der Waals surface area contributed by atoms with Crippen LogP contribution in [-0.4, -0.2) is 15.0 Å². The van der Waals surface area contributed by atoms with Gasteiger partial charge < -0.3 is 5.73 Å². The fourth-order valence-electron chi connectivity index (χ4n) is 2.94. The molecule has 0 bridgehead atoms. The van der Waals surface area contributed by atoms with E-state index in [0.717, 1.165) is 0 Å². The fraction of sp³-hybridized carbons (Fsp3) is 0.571. The van der Waals surface area contributed by atoms with E-state index < -0.39 is 10.0 Å². The maximum atomic E-state index is 12.5. The van der Waals surface area contributed by atoms with Gasteiger partial charge in [-0.05, 0) is 60.7 Å². The van der Waals surface area contributed by atoms with Crippen molar-refractivity contribution in [3.05, 3.63) is 21.1 Å². The zero-order chi connectivity index (χ0) is 16.2. The number of halogens is 2. The van der Waals surface area contributed by atoms with Crippen LogP contribution in [0.1, 0.15) is 27.7 Å². The van der Waals surface area contributed by atoms with E-state index in [4.69, 9.17) is 5.73 Å². The molecule has 0 aliphatic heterocycles. The van der Waals surface area contributed by atoms with Crippen molar-refractivity contribution in [2.45, 2.75) is 32.6 Å². The SMILES string of the molecule is CC1(C)C(CNS(=O)(=O)c2c(Br)cc(N)cc2Br)C1(C)C. The molecule has 21 heavy (non-hydrogen) atoms. The molecule has 3 N–H and O–H groups in total. The Hall–Kier alpha value is -0.110. The van der Waals surface area contributed by atoms with E-state index in [1.165, 1.54) is 0 Å². The third-order valence-electron chi connectivity index (χ3n) is 5.09. The highest BCUT2D eigenvalue weighted by molar-refractivity contribution is 9.11. The van der Waals surface area contributed by atoms with Gasteiger partial charge >= 0.3 is 0 Å². The molecule has 1 aliphatic carbocycles. The van der Waals surface area contributed by atoms with Crippen molar-refractivity contribution in [2.75, 3.05) is 12.3 Å². The lowest BCUT2D eigenvalue weighted by molar-refractivity contribution is 0.457. The molecule has 4 nitrogen and oxygen atoms in total. The topological polar surface area (TPSA) is 72.2 Å². The second-order valence-electron chi connectivity index (χ2n) is 6.66. The predicted molar refractivity (Wildman–Crippen MR) is 92.5 cm³/mol. The van der Waals surface area contributed by atoms with Gasteiger partial charge in [-0.15, -0.1) is 0 Å². The van der Waals surface area contributed by atoms with E-state index in [2.05, 4.69) is 64.3 Å². The fourth-order valence-corrected chi connectivity index (χ4v) is 6.61. The number of benzene rings is 1. The Kier molecular flexibility index (Phi) is 4.28. The van der Waals surface area contributed by atoms with Crippen LogP contribution in [-0.2, 0) is 10.0 Å². The van der Waals surface area contributed by atoms with Gasteiger partial charge in [0.25, 0.3) is 0 Å². The van der Waals surface area contributed by atoms with Gasteiger partial charge in [0.15, 0.2) is 0 Å². The second-order valence-corrected chi connectivity index (χ2v) is 10.1. The molecule has 0 heterocycles. The molecule has 7 heteroatoms. The van der Waals surface area contributed by atoms with E-state index >= 15 is 0 Å². The number of nitrogens with two attached hydrogens (primary N) is 1. The van der Waals surface area contributed by atoms with Crippen LogP contribution in [0.15, 0.2) is 26.0 Å². The van der Waals surface area contributed by atoms with Crippen LogP contribution < -0.4 is 10.5 Å². The summed E-state index contributed by atoms with van der Waals surface area (Å²) in [6, 6.07) is 3.18. The van der Waals surface area contributed by atoms with Crippen molar-refractivity contribution in [3.8, 4) is 0 Å². The van der Waals surface area contributed by atoms with Crippen LogP contribution in [0.3, 0.4) is 0 Å². The normalized spacial score (nSPS) is 20.5. The number of nitrogen functional groups attached to an aromatic ring is 1. The Morgan fingerprint density at radius 3 is 1.95 bits per heavy atom. The molecule has 0 aromatic heterocycles. The van der Waals surface area contributed by atoms with Gasteiger partial charge in [-0.2, -0.15) is 0 Å². The first-order valence-corrected chi connectivity index (χ1v) is 9.72. The van der Waals surface area contributed by atoms with E-state index in [1.54, 1.807) is 12.1 Å². The highest BCUT2D eigenvalue weighted by atomic mass is 79.9. The Morgan fingerprint density at radius 2 is 1.57 bits per heavy atom. The molecule has 1 aromatic carbocycles. The van der Waals surface area contributed by atoms with Gasteiger partial charge in [-0.1, -0.05) is 27.7 Å². The molecule has 1 fully saturated rings. The average molecular weight is 440 g/mol. The first-order valence-electron chi connectivity index (χ1n) is 6.65. The van der Waals surface area contributed by atoms with E-state index in [9.17, 15) is 8.42 Å². The minimum atomic E-state index is -3.59. The predicted octanol–water partition coefficient (Wildman–Crippen LogP) is 3.75. The molecule has 1 aliphatic rings. The monoisotopic (exact) mass is 438 g/mol. The highest BCUT2D eigenvalue weighted by Gasteiger charge is 2.64. The maximum Gasteiger partial charge on any atom is 0.242 e. The summed E-state index contributed by atoms with van der Waals surface area (Å²) in [5.41, 5.74) is 6.48. The third kappa shape index (κ3) is 2.90. The van der Waals surface area contributed by atoms with Gasteiger partial charge in [0.2, 0.25) is 10.0 Å². The van der Waals surface area contributed by atoms with E-state index in [1.807, 2.05) is 0 Å². The lowest BCUT2D eigenvalue weighted by Crippen LogP contribution is -2.28. The summed E-state index contributed by atoms with van der Waals surface area (Å²) in [5, 5.41) is 0. The quantitative estimate of drug-likeness (QED) is 0.701. The number of nitrogens with one attached hydrogen (secondary N) is 1. The Bertz CT molecular complexity index is 647. The lowest BCUT2D eigenvalue weighted by Gasteiger charge is -2.12. The van der Waals surface area contributed by atoms with Gasteiger partial charge in [-0.25, -0.2) is 13.1 Å². The molecule has 0 spiro atoms. The summed E-state index contributed by atoms with van der Waals surface area (Å²) >= 11 is 6.54. The van der Waals surface area contributed by atoms with Crippen molar-refractivity contribution >= 4 is 47.6 Å². The van der Waals surface area contributed by atoms with E-state index in [-0.39, 0.29) is 15.7 Å². The number of sulfonamides is 1. The maximum absolute atomic E-state index is 12.5. The molecule has 0 atom stereocenters. The van der Waals surface area contributed by atoms with Crippen LogP contribution in [0.2, 0.25) is 0 Å². The van der Waals surface area contributed by atoms with Gasteiger partial charge in [0.1, 0.15) is 4.90 Å². The molecular weight excluding hydrogens is 420 g/mol. The van der Waals surface area contributed by atoms with Crippen molar-refractivity contribution in [2.24, 2.45) is 16.7 Å². The molecule has 1 saturated carbocycles. The van der Waals surface area contributed by atoms with Crippen LogP contribution in [0.4, 0.5) is 5.69 Å². The molecule has 0 radical (unpaired) electrons. The Morgan fingerprint density at radius 1 is 1.14 bits per heavy atom. The van der Waals surface area contributed by atoms with Crippen LogP contribution in [0, 0.1) is 16.7 Å². The molecule has 0 amide bonds. The molecule has 0 saturated heterocycles. The van der Waals surface area contributed by atoms with E-state index in [0.29, 0.717) is 27.1 Å². The second kappa shape index (κ2) is 5.22. The smallest absolute Gasteiger partial charge is 0.242 e. The molecule has 118 valence electrons. The lowest BCUT2D eigenvalue weighted by atomic mass is 10.0. The Balaban J connectivity index is 2.22. The largest absolute Gasteiger partial charge is 0.399 e. The summed E-state index contributed by atoms with van der Waals surface area (Å²) in [5.74, 6) is 0.325. The highest BCUT2D eigenvalue weighted by Crippen LogP contribution is 2.68. The number of hydrogen-bond acceptors (Lipinski definition) is 3. The molecule has 2 rings (SSSR count). The first-order chi connectivity index (χ1) is 9.41. The van der Waals surface area contributed by atoms with Crippen molar-refractivity contribution in [3.63, 3.8) is 0 Å². The first kappa shape index (κ1) is 17.2. The van der Waals surface area contributed by atoms with Crippen LogP contribution in [0.25, 0.3) is 0 Å². The third-order valence-corrected chi connectivity index (χ3v) is 8.39. The van der Waals surface area contributed by atoms with Gasteiger partial charge in [0.05, 0.1) is 0 Å². The summed E-state index contributed by atoms with van der Waals surface area (Å²) < 4.78 is 28.7. The Labute approximate surface area is 143 Å². The average Bonchev–Trinajstić information content (AvgIpc) is 2.64. The molecule has 1 aromatic rings. The van der Waals surface area contributed by atoms with Crippen molar-refractivity contribution in [1.29, 1.82) is 0 Å². The number of rotatable bonds is 4. The summed E-state index contributed by atoms with van der Waals surface area (Å²) in [6.07, 6.45) is 0. The number of anilines is 1. The molecule has 0 unspecified atom stereocenters. The summed E-state index contributed by atoms with van der Waals surface area (Å²) in [4.78, 5) is 0.188. The van der Waals surface area contributed by atoms with Gasteiger partial charge in [0, 0.05) is 21.2 Å². The minimum absolute atomic E-state index is 0.144. The number of hydrogen-bond donors (Lipinski definition) is 2. The zero-order valence-electron chi connectivity index (χ0n) is 12.5. The minimum Gasteiger partial charge on any atom is -0.399 e. The van der Waals surface area contributed by atoms with Gasteiger partial charge in [-0.3, -0.25) is 0 Å². The molecular formula is C14H20Br2N2O2S.